The van der Waals surface area contributed by atoms with Crippen molar-refractivity contribution in [2.24, 2.45) is 0 Å². The topological polar surface area (TPSA) is 69.0 Å². The highest BCUT2D eigenvalue weighted by Crippen LogP contribution is 2.18. The van der Waals surface area contributed by atoms with Gasteiger partial charge in [-0.3, -0.25) is 9.78 Å². The lowest BCUT2D eigenvalue weighted by molar-refractivity contribution is -0.127. The van der Waals surface area contributed by atoms with Crippen LogP contribution in [0.5, 0.6) is 0 Å². The molecule has 1 N–H and O–H groups in total. The van der Waals surface area contributed by atoms with Gasteiger partial charge < -0.3 is 10.2 Å². The van der Waals surface area contributed by atoms with E-state index in [0.29, 0.717) is 12.0 Å². The van der Waals surface area contributed by atoms with Crippen molar-refractivity contribution >= 4 is 11.6 Å². The predicted molar refractivity (Wildman–Crippen MR) is 77.3 cm³/mol. The van der Waals surface area contributed by atoms with Gasteiger partial charge in [0, 0.05) is 31.7 Å². The Labute approximate surface area is 119 Å². The standard InChI is InChI=1S/C15H20N4O/c1-11-9-14(13(10-16)12(2)18-11)17-6-4-8-19-7-3-5-15(19)20/h9H,3-8H2,1-2H3,(H,17,18). The van der Waals surface area contributed by atoms with Crippen LogP contribution in [0, 0.1) is 25.2 Å². The average Bonchev–Trinajstić information content (AvgIpc) is 2.80. The maximum Gasteiger partial charge on any atom is 0.222 e. The molecule has 0 saturated carbocycles. The molecule has 1 aromatic rings. The molecule has 0 aromatic carbocycles. The van der Waals surface area contributed by atoms with Crippen LogP contribution < -0.4 is 5.32 Å². The van der Waals surface area contributed by atoms with Crippen LogP contribution in [0.15, 0.2) is 6.07 Å². The van der Waals surface area contributed by atoms with E-state index in [1.807, 2.05) is 24.8 Å². The van der Waals surface area contributed by atoms with E-state index in [9.17, 15) is 10.1 Å². The smallest absolute Gasteiger partial charge is 0.222 e. The van der Waals surface area contributed by atoms with Gasteiger partial charge in [-0.1, -0.05) is 0 Å². The zero-order valence-corrected chi connectivity index (χ0v) is 12.1. The van der Waals surface area contributed by atoms with E-state index in [-0.39, 0.29) is 5.91 Å². The maximum absolute atomic E-state index is 11.5. The first-order valence-electron chi connectivity index (χ1n) is 7.02. The number of pyridine rings is 1. The van der Waals surface area contributed by atoms with Crippen molar-refractivity contribution < 1.29 is 4.79 Å². The fraction of sp³-hybridized carbons (Fsp3) is 0.533. The molecule has 0 atom stereocenters. The van der Waals surface area contributed by atoms with Crippen LogP contribution in [0.4, 0.5) is 5.69 Å². The Balaban J connectivity index is 1.88. The number of aromatic nitrogens is 1. The number of nitrogens with zero attached hydrogens (tertiary/aromatic N) is 3. The van der Waals surface area contributed by atoms with Gasteiger partial charge in [-0.05, 0) is 32.8 Å². The zero-order chi connectivity index (χ0) is 14.5. The molecule has 0 radical (unpaired) electrons. The predicted octanol–water partition coefficient (Wildman–Crippen LogP) is 1.99. The molecule has 1 fully saturated rings. The molecule has 5 heteroatoms. The van der Waals surface area contributed by atoms with E-state index in [0.717, 1.165) is 49.6 Å². The molecule has 0 spiro atoms. The fourth-order valence-corrected chi connectivity index (χ4v) is 2.54. The molecule has 5 nitrogen and oxygen atoms in total. The van der Waals surface area contributed by atoms with E-state index >= 15 is 0 Å². The van der Waals surface area contributed by atoms with Crippen LogP contribution in [-0.2, 0) is 4.79 Å². The highest BCUT2D eigenvalue weighted by molar-refractivity contribution is 5.78. The summed E-state index contributed by atoms with van der Waals surface area (Å²) < 4.78 is 0. The molecule has 1 aromatic heterocycles. The SMILES string of the molecule is Cc1cc(NCCCN2CCCC2=O)c(C#N)c(C)n1. The van der Waals surface area contributed by atoms with Gasteiger partial charge in [0.15, 0.2) is 0 Å². The first-order valence-corrected chi connectivity index (χ1v) is 7.02. The zero-order valence-electron chi connectivity index (χ0n) is 12.1. The molecule has 2 rings (SSSR count). The van der Waals surface area contributed by atoms with Gasteiger partial charge in [-0.2, -0.15) is 5.26 Å². The number of rotatable bonds is 5. The number of hydrogen-bond acceptors (Lipinski definition) is 4. The summed E-state index contributed by atoms with van der Waals surface area (Å²) in [6.45, 7) is 6.19. The summed E-state index contributed by atoms with van der Waals surface area (Å²) in [5.41, 5.74) is 3.10. The van der Waals surface area contributed by atoms with Crippen LogP contribution >= 0.6 is 0 Å². The van der Waals surface area contributed by atoms with Crippen molar-refractivity contribution in [3.05, 3.63) is 23.0 Å². The largest absolute Gasteiger partial charge is 0.384 e. The number of nitriles is 1. The number of carbonyl (C=O) groups is 1. The minimum atomic E-state index is 0.262. The fourth-order valence-electron chi connectivity index (χ4n) is 2.54. The third-order valence-electron chi connectivity index (χ3n) is 3.53. The Hall–Kier alpha value is -2.09. The number of aryl methyl sites for hydroxylation is 2. The lowest BCUT2D eigenvalue weighted by Gasteiger charge is -2.16. The van der Waals surface area contributed by atoms with Gasteiger partial charge in [0.05, 0.1) is 16.9 Å². The molecule has 0 aliphatic carbocycles. The summed E-state index contributed by atoms with van der Waals surface area (Å²) in [7, 11) is 0. The van der Waals surface area contributed by atoms with Crippen LogP contribution in [0.25, 0.3) is 0 Å². The van der Waals surface area contributed by atoms with Crippen LogP contribution in [0.2, 0.25) is 0 Å². The summed E-state index contributed by atoms with van der Waals surface area (Å²) in [6.07, 6.45) is 2.55. The summed E-state index contributed by atoms with van der Waals surface area (Å²) >= 11 is 0. The highest BCUT2D eigenvalue weighted by atomic mass is 16.2. The maximum atomic E-state index is 11.5. The third-order valence-corrected chi connectivity index (χ3v) is 3.53. The number of hydrogen-bond donors (Lipinski definition) is 1. The molecular formula is C15H20N4O. The molecule has 106 valence electrons. The van der Waals surface area contributed by atoms with Crippen LogP contribution in [0.1, 0.15) is 36.2 Å². The number of carbonyl (C=O) groups excluding carboxylic acids is 1. The number of anilines is 1. The molecule has 0 bridgehead atoms. The Kier molecular flexibility index (Phi) is 4.57. The van der Waals surface area contributed by atoms with Crippen molar-refractivity contribution in [3.63, 3.8) is 0 Å². The molecule has 1 aliphatic heterocycles. The summed E-state index contributed by atoms with van der Waals surface area (Å²) in [4.78, 5) is 17.7. The van der Waals surface area contributed by atoms with Gasteiger partial charge in [0.25, 0.3) is 0 Å². The second-order valence-electron chi connectivity index (χ2n) is 5.15. The summed E-state index contributed by atoms with van der Waals surface area (Å²) in [5.74, 6) is 0.262. The molecular weight excluding hydrogens is 252 g/mol. The van der Waals surface area contributed by atoms with Crippen molar-refractivity contribution in [1.82, 2.24) is 9.88 Å². The van der Waals surface area contributed by atoms with E-state index in [1.54, 1.807) is 0 Å². The second-order valence-corrected chi connectivity index (χ2v) is 5.15. The molecule has 2 heterocycles. The Morgan fingerprint density at radius 1 is 1.50 bits per heavy atom. The second kappa shape index (κ2) is 6.38. The first-order chi connectivity index (χ1) is 9.61. The number of nitrogens with one attached hydrogen (secondary N) is 1. The first kappa shape index (κ1) is 14.3. The average molecular weight is 272 g/mol. The van der Waals surface area contributed by atoms with Gasteiger partial charge >= 0.3 is 0 Å². The quantitative estimate of drug-likeness (QED) is 0.832. The van der Waals surface area contributed by atoms with Gasteiger partial charge in [-0.15, -0.1) is 0 Å². The van der Waals surface area contributed by atoms with E-state index < -0.39 is 0 Å². The molecule has 1 aliphatic rings. The van der Waals surface area contributed by atoms with Crippen molar-refractivity contribution in [3.8, 4) is 6.07 Å². The lowest BCUT2D eigenvalue weighted by Crippen LogP contribution is -2.27. The van der Waals surface area contributed by atoms with Crippen LogP contribution in [-0.4, -0.2) is 35.4 Å². The normalized spacial score (nSPS) is 14.4. The molecule has 1 saturated heterocycles. The van der Waals surface area contributed by atoms with E-state index in [4.69, 9.17) is 0 Å². The molecule has 20 heavy (non-hydrogen) atoms. The van der Waals surface area contributed by atoms with Gasteiger partial charge in [-0.25, -0.2) is 0 Å². The van der Waals surface area contributed by atoms with Gasteiger partial charge in [0.2, 0.25) is 5.91 Å². The lowest BCUT2D eigenvalue weighted by atomic mass is 10.1. The molecule has 0 unspecified atom stereocenters. The summed E-state index contributed by atoms with van der Waals surface area (Å²) in [5, 5.41) is 12.5. The summed E-state index contributed by atoms with van der Waals surface area (Å²) in [6, 6.07) is 4.09. The highest BCUT2D eigenvalue weighted by Gasteiger charge is 2.19. The minimum absolute atomic E-state index is 0.262. The van der Waals surface area contributed by atoms with Crippen molar-refractivity contribution in [2.75, 3.05) is 25.0 Å². The minimum Gasteiger partial charge on any atom is -0.384 e. The van der Waals surface area contributed by atoms with Crippen molar-refractivity contribution in [2.45, 2.75) is 33.1 Å². The Bertz CT molecular complexity index is 548. The van der Waals surface area contributed by atoms with E-state index in [1.165, 1.54) is 0 Å². The molecule has 1 amide bonds. The number of likely N-dealkylation sites (tertiary alicyclic amines) is 1. The monoisotopic (exact) mass is 272 g/mol. The van der Waals surface area contributed by atoms with E-state index in [2.05, 4.69) is 16.4 Å². The number of amides is 1. The third kappa shape index (κ3) is 3.27. The van der Waals surface area contributed by atoms with Gasteiger partial charge in [0.1, 0.15) is 6.07 Å². The Morgan fingerprint density at radius 2 is 2.30 bits per heavy atom. The Morgan fingerprint density at radius 3 is 2.95 bits per heavy atom. The van der Waals surface area contributed by atoms with Crippen molar-refractivity contribution in [1.29, 1.82) is 5.26 Å². The van der Waals surface area contributed by atoms with Crippen LogP contribution in [0.3, 0.4) is 0 Å².